The standard InChI is InChI=1S/C7H15BrFN.C7H6O3.BH3O3/c1-4-7(5-2,6-3)10(8)9;8-6-4-2-1-3-5(6)7(9)10;2-1(3)4/h4-6H2,1-3H3;1-4,8H,(H,9,10);2-4H. The minimum Gasteiger partial charge on any atom is -0.507 e. The largest absolute Gasteiger partial charge is 0.631 e. The molecule has 0 unspecified atom stereocenters. The maximum Gasteiger partial charge on any atom is 0.631 e. The molecule has 0 aliphatic rings. The fraction of sp³-hybridized carbons (Fsp3) is 0.500. The van der Waals surface area contributed by atoms with Gasteiger partial charge in [-0.3, -0.25) is 0 Å². The Morgan fingerprint density at radius 2 is 1.54 bits per heavy atom. The average Bonchev–Trinajstić information content (AvgIpc) is 2.49. The van der Waals surface area contributed by atoms with Crippen LogP contribution in [0.4, 0.5) is 4.48 Å². The molecule has 1 rings (SSSR count). The molecule has 24 heavy (non-hydrogen) atoms. The Hall–Kier alpha value is -1.20. The van der Waals surface area contributed by atoms with Crippen LogP contribution in [-0.4, -0.2) is 48.3 Å². The van der Waals surface area contributed by atoms with Crippen LogP contribution in [0.25, 0.3) is 0 Å². The lowest BCUT2D eigenvalue weighted by Gasteiger charge is -2.31. The molecular weight excluding hydrogens is 388 g/mol. The number of carbonyl (C=O) groups is 1. The normalized spacial score (nSPS) is 10.2. The van der Waals surface area contributed by atoms with Crippen LogP contribution >= 0.6 is 16.1 Å². The number of benzene rings is 1. The van der Waals surface area contributed by atoms with Gasteiger partial charge in [0.1, 0.15) is 11.3 Å². The maximum absolute atomic E-state index is 12.8. The molecule has 138 valence electrons. The summed E-state index contributed by atoms with van der Waals surface area (Å²) in [6, 6.07) is 5.81. The van der Waals surface area contributed by atoms with Gasteiger partial charge in [-0.05, 0) is 31.4 Å². The van der Waals surface area contributed by atoms with Crippen molar-refractivity contribution < 1.29 is 34.6 Å². The molecule has 0 aliphatic heterocycles. The van der Waals surface area contributed by atoms with E-state index in [4.69, 9.17) is 25.3 Å². The fourth-order valence-corrected chi connectivity index (χ4v) is 2.52. The molecule has 0 spiro atoms. The molecule has 0 fully saturated rings. The molecule has 10 heteroatoms. The van der Waals surface area contributed by atoms with Crippen molar-refractivity contribution in [2.45, 2.75) is 45.6 Å². The predicted octanol–water partition coefficient (Wildman–Crippen LogP) is 2.49. The van der Waals surface area contributed by atoms with Crippen molar-refractivity contribution in [1.82, 2.24) is 4.15 Å². The lowest BCUT2D eigenvalue weighted by atomic mass is 9.91. The Kier molecular flexibility index (Phi) is 13.7. The molecule has 1 aromatic rings. The first-order chi connectivity index (χ1) is 11.1. The van der Waals surface area contributed by atoms with E-state index in [1.807, 2.05) is 20.8 Å². The van der Waals surface area contributed by atoms with Gasteiger partial charge < -0.3 is 25.3 Å². The van der Waals surface area contributed by atoms with Gasteiger partial charge in [0, 0.05) is 16.1 Å². The average molecular weight is 412 g/mol. The Bertz CT molecular complexity index is 463. The Balaban J connectivity index is 0. The van der Waals surface area contributed by atoms with E-state index in [0.717, 1.165) is 19.3 Å². The zero-order valence-electron chi connectivity index (χ0n) is 13.9. The van der Waals surface area contributed by atoms with Gasteiger partial charge in [0.15, 0.2) is 0 Å². The molecule has 0 saturated carbocycles. The molecule has 7 nitrogen and oxygen atoms in total. The summed E-state index contributed by atoms with van der Waals surface area (Å²) < 4.78 is 13.4. The van der Waals surface area contributed by atoms with Gasteiger partial charge in [0.25, 0.3) is 0 Å². The minimum absolute atomic E-state index is 0.0671. The highest BCUT2D eigenvalue weighted by Gasteiger charge is 2.30. The van der Waals surface area contributed by atoms with Gasteiger partial charge in [0.2, 0.25) is 0 Å². The number of aromatic hydroxyl groups is 1. The summed E-state index contributed by atoms with van der Waals surface area (Å²) in [6.07, 6.45) is 2.51. The molecule has 0 atom stereocenters. The molecule has 0 radical (unpaired) electrons. The second-order valence-electron chi connectivity index (χ2n) is 4.69. The van der Waals surface area contributed by atoms with Crippen molar-refractivity contribution in [2.75, 3.05) is 0 Å². The van der Waals surface area contributed by atoms with Crippen molar-refractivity contribution in [3.8, 4) is 5.75 Å². The summed E-state index contributed by atoms with van der Waals surface area (Å²) in [7, 11) is -2.17. The van der Waals surface area contributed by atoms with E-state index in [1.165, 1.54) is 12.1 Å². The van der Waals surface area contributed by atoms with Gasteiger partial charge in [0.05, 0.1) is 5.54 Å². The number of carboxylic acids is 1. The van der Waals surface area contributed by atoms with E-state index in [0.29, 0.717) is 4.15 Å². The molecule has 0 heterocycles. The van der Waals surface area contributed by atoms with Crippen molar-refractivity contribution >= 4 is 29.4 Å². The van der Waals surface area contributed by atoms with Crippen molar-refractivity contribution in [1.29, 1.82) is 0 Å². The fourth-order valence-electron chi connectivity index (χ4n) is 1.76. The molecule has 0 aromatic heterocycles. The predicted molar refractivity (Wildman–Crippen MR) is 93.0 cm³/mol. The SMILES string of the molecule is CCC(CC)(CC)N(F)Br.O=C(O)c1ccccc1O.OB(O)O. The highest BCUT2D eigenvalue weighted by molar-refractivity contribution is 9.07. The highest BCUT2D eigenvalue weighted by atomic mass is 79.9. The summed E-state index contributed by atoms with van der Waals surface area (Å²) in [5, 5.41) is 38.8. The Morgan fingerprint density at radius 1 is 1.17 bits per heavy atom. The van der Waals surface area contributed by atoms with Crippen LogP contribution in [0.2, 0.25) is 0 Å². The van der Waals surface area contributed by atoms with Crippen molar-refractivity contribution in [3.05, 3.63) is 29.8 Å². The molecule has 0 saturated heterocycles. The monoisotopic (exact) mass is 411 g/mol. The third kappa shape index (κ3) is 9.84. The minimum atomic E-state index is -2.17. The third-order valence-corrected chi connectivity index (χ3v) is 4.22. The third-order valence-electron chi connectivity index (χ3n) is 3.47. The van der Waals surface area contributed by atoms with Crippen LogP contribution in [0.3, 0.4) is 0 Å². The van der Waals surface area contributed by atoms with Gasteiger partial charge in [-0.1, -0.05) is 37.1 Å². The molecule has 1 aromatic carbocycles. The molecule has 0 bridgehead atoms. The summed E-state index contributed by atoms with van der Waals surface area (Å²) in [5.41, 5.74) is -0.359. The van der Waals surface area contributed by atoms with Crippen LogP contribution in [0.5, 0.6) is 5.75 Å². The van der Waals surface area contributed by atoms with E-state index >= 15 is 0 Å². The summed E-state index contributed by atoms with van der Waals surface area (Å²) in [6.45, 7) is 6.00. The first kappa shape index (κ1) is 25.0. The van der Waals surface area contributed by atoms with Crippen LogP contribution in [0, 0.1) is 0 Å². The first-order valence-electron chi connectivity index (χ1n) is 7.25. The highest BCUT2D eigenvalue weighted by Crippen LogP contribution is 2.30. The maximum atomic E-state index is 12.8. The summed E-state index contributed by atoms with van der Waals surface area (Å²) in [4.78, 5) is 10.3. The van der Waals surface area contributed by atoms with Crippen LogP contribution in [0.1, 0.15) is 50.4 Å². The number of phenols is 1. The molecule has 5 N–H and O–H groups in total. The summed E-state index contributed by atoms with van der Waals surface area (Å²) in [5.74, 6) is -1.31. The number of halogens is 2. The van der Waals surface area contributed by atoms with Gasteiger partial charge >= 0.3 is 13.3 Å². The number of nitrogens with zero attached hydrogens (tertiary/aromatic N) is 1. The number of carboxylic acid groups (broad SMARTS) is 1. The summed E-state index contributed by atoms with van der Waals surface area (Å²) >= 11 is 2.85. The lowest BCUT2D eigenvalue weighted by Crippen LogP contribution is -2.36. The van der Waals surface area contributed by atoms with Gasteiger partial charge in [-0.25, -0.2) is 4.79 Å². The van der Waals surface area contributed by atoms with E-state index in [-0.39, 0.29) is 16.9 Å². The quantitative estimate of drug-likeness (QED) is 0.372. The molecule has 0 amide bonds. The van der Waals surface area contributed by atoms with Gasteiger partial charge in [-0.2, -0.15) is 0 Å². The first-order valence-corrected chi connectivity index (χ1v) is 7.96. The Morgan fingerprint density at radius 3 is 1.71 bits per heavy atom. The van der Waals surface area contributed by atoms with Crippen LogP contribution in [-0.2, 0) is 0 Å². The van der Waals surface area contributed by atoms with E-state index in [1.54, 1.807) is 12.1 Å². The molecule has 0 aliphatic carbocycles. The van der Waals surface area contributed by atoms with Gasteiger partial charge in [-0.15, -0.1) is 4.48 Å². The molecular formula is C14H24BBrFNO6. The van der Waals surface area contributed by atoms with Crippen LogP contribution < -0.4 is 0 Å². The number of hydrogen-bond donors (Lipinski definition) is 5. The Labute approximate surface area is 149 Å². The van der Waals surface area contributed by atoms with E-state index < -0.39 is 13.3 Å². The number of para-hydroxylation sites is 1. The zero-order chi connectivity index (χ0) is 19.3. The second kappa shape index (κ2) is 13.1. The second-order valence-corrected chi connectivity index (χ2v) is 5.31. The topological polar surface area (TPSA) is 121 Å². The zero-order valence-corrected chi connectivity index (χ0v) is 15.4. The smallest absolute Gasteiger partial charge is 0.507 e. The van der Waals surface area contributed by atoms with Crippen LogP contribution in [0.15, 0.2) is 24.3 Å². The van der Waals surface area contributed by atoms with E-state index in [2.05, 4.69) is 16.1 Å². The number of rotatable bonds is 5. The number of aromatic carboxylic acids is 1. The van der Waals surface area contributed by atoms with Crippen molar-refractivity contribution in [2.24, 2.45) is 0 Å². The van der Waals surface area contributed by atoms with Crippen molar-refractivity contribution in [3.63, 3.8) is 0 Å². The lowest BCUT2D eigenvalue weighted by molar-refractivity contribution is 0.0208. The number of hydrogen-bond acceptors (Lipinski definition) is 6. The van der Waals surface area contributed by atoms with E-state index in [9.17, 15) is 9.28 Å².